The van der Waals surface area contributed by atoms with Crippen molar-refractivity contribution in [1.29, 1.82) is 5.53 Å². The average Bonchev–Trinajstić information content (AvgIpc) is 2.30. The van der Waals surface area contributed by atoms with Crippen LogP contribution in [0.15, 0.2) is 29.5 Å². The van der Waals surface area contributed by atoms with E-state index in [0.29, 0.717) is 0 Å². The van der Waals surface area contributed by atoms with Gasteiger partial charge in [-0.05, 0) is 25.0 Å². The summed E-state index contributed by atoms with van der Waals surface area (Å²) in [4.78, 5) is 6.55. The number of aromatic nitrogens is 1. The molecule has 74 valence electrons. The van der Waals surface area contributed by atoms with Crippen molar-refractivity contribution in [1.82, 2.24) is 4.98 Å². The number of hydrogen-bond donors (Lipinski definition) is 1. The average molecular weight is 190 g/mol. The highest BCUT2D eigenvalue weighted by Crippen LogP contribution is 2.18. The molecule has 1 fully saturated rings. The zero-order chi connectivity index (χ0) is 9.80. The molecule has 0 aliphatic carbocycles. The van der Waals surface area contributed by atoms with Crippen LogP contribution in [0.5, 0.6) is 0 Å². The van der Waals surface area contributed by atoms with Gasteiger partial charge in [-0.1, -0.05) is 6.07 Å². The first-order chi connectivity index (χ1) is 6.90. The summed E-state index contributed by atoms with van der Waals surface area (Å²) in [5.74, 6) is 1.04. The van der Waals surface area contributed by atoms with Crippen LogP contribution in [-0.4, -0.2) is 24.1 Å². The van der Waals surface area contributed by atoms with Crippen LogP contribution in [0.1, 0.15) is 12.8 Å². The monoisotopic (exact) mass is 190 g/mol. The van der Waals surface area contributed by atoms with Crippen molar-refractivity contribution in [3.8, 4) is 0 Å². The fourth-order valence-corrected chi connectivity index (χ4v) is 1.76. The first kappa shape index (κ1) is 9.12. The molecule has 1 N–H and O–H groups in total. The van der Waals surface area contributed by atoms with Gasteiger partial charge in [0.15, 0.2) is 0 Å². The quantitative estimate of drug-likeness (QED) is 0.726. The Labute approximate surface area is 83.5 Å². The molecule has 0 spiro atoms. The third-order valence-electron chi connectivity index (χ3n) is 2.62. The topological polar surface area (TPSA) is 52.3 Å². The first-order valence-electron chi connectivity index (χ1n) is 4.92. The maximum absolute atomic E-state index is 6.96. The van der Waals surface area contributed by atoms with E-state index in [2.05, 4.69) is 15.0 Å². The normalized spacial score (nSPS) is 18.1. The molecule has 1 aromatic rings. The standard InChI is InChI=1S/C10H14N4/c11-13-9-4-7-14(8-5-9)10-3-1-2-6-12-10/h1-3,6,9,11H,4-5,7-8H2. The zero-order valence-electron chi connectivity index (χ0n) is 8.06. The molecule has 1 aliphatic heterocycles. The fraction of sp³-hybridized carbons (Fsp3) is 0.500. The van der Waals surface area contributed by atoms with Crippen molar-refractivity contribution in [2.24, 2.45) is 5.11 Å². The molecule has 14 heavy (non-hydrogen) atoms. The predicted molar refractivity (Wildman–Crippen MR) is 54.6 cm³/mol. The Hall–Kier alpha value is -1.45. The second kappa shape index (κ2) is 4.17. The number of piperidine rings is 1. The Bertz CT molecular complexity index is 290. The Balaban J connectivity index is 1.99. The Morgan fingerprint density at radius 1 is 1.36 bits per heavy atom. The van der Waals surface area contributed by atoms with Crippen molar-refractivity contribution in [3.63, 3.8) is 0 Å². The van der Waals surface area contributed by atoms with Gasteiger partial charge in [0.25, 0.3) is 0 Å². The molecule has 0 bridgehead atoms. The lowest BCUT2D eigenvalue weighted by molar-refractivity contribution is 0.478. The SMILES string of the molecule is N=NC1CCN(c2ccccn2)CC1. The molecule has 0 aromatic carbocycles. The van der Waals surface area contributed by atoms with E-state index in [1.54, 1.807) is 0 Å². The molecular weight excluding hydrogens is 176 g/mol. The van der Waals surface area contributed by atoms with Gasteiger partial charge in [0.05, 0.1) is 6.04 Å². The van der Waals surface area contributed by atoms with Crippen molar-refractivity contribution in [2.45, 2.75) is 18.9 Å². The van der Waals surface area contributed by atoms with Crippen LogP contribution >= 0.6 is 0 Å². The van der Waals surface area contributed by atoms with Gasteiger partial charge in [0.1, 0.15) is 5.82 Å². The summed E-state index contributed by atoms with van der Waals surface area (Å²) in [5.41, 5.74) is 6.96. The summed E-state index contributed by atoms with van der Waals surface area (Å²) >= 11 is 0. The minimum Gasteiger partial charge on any atom is -0.356 e. The number of pyridine rings is 1. The molecule has 1 aliphatic rings. The fourth-order valence-electron chi connectivity index (χ4n) is 1.76. The van der Waals surface area contributed by atoms with Gasteiger partial charge in [0, 0.05) is 19.3 Å². The minimum absolute atomic E-state index is 0.231. The minimum atomic E-state index is 0.231. The number of nitrogens with zero attached hydrogens (tertiary/aromatic N) is 3. The highest BCUT2D eigenvalue weighted by molar-refractivity contribution is 5.38. The first-order valence-corrected chi connectivity index (χ1v) is 4.92. The van der Waals surface area contributed by atoms with Crippen LogP contribution in [0.2, 0.25) is 0 Å². The van der Waals surface area contributed by atoms with E-state index in [9.17, 15) is 0 Å². The van der Waals surface area contributed by atoms with E-state index >= 15 is 0 Å². The molecular formula is C10H14N4. The Morgan fingerprint density at radius 3 is 2.71 bits per heavy atom. The van der Waals surface area contributed by atoms with Crippen LogP contribution in [0, 0.1) is 5.53 Å². The van der Waals surface area contributed by atoms with E-state index in [0.717, 1.165) is 31.7 Å². The van der Waals surface area contributed by atoms with Gasteiger partial charge in [0.2, 0.25) is 0 Å². The number of anilines is 1. The number of hydrogen-bond acceptors (Lipinski definition) is 4. The van der Waals surface area contributed by atoms with E-state index in [1.807, 2.05) is 24.4 Å². The molecule has 4 nitrogen and oxygen atoms in total. The lowest BCUT2D eigenvalue weighted by Gasteiger charge is -2.30. The molecule has 0 unspecified atom stereocenters. The molecule has 0 saturated carbocycles. The van der Waals surface area contributed by atoms with Gasteiger partial charge in [-0.25, -0.2) is 10.5 Å². The molecule has 2 rings (SSSR count). The van der Waals surface area contributed by atoms with Crippen molar-refractivity contribution < 1.29 is 0 Å². The van der Waals surface area contributed by atoms with E-state index in [-0.39, 0.29) is 6.04 Å². The van der Waals surface area contributed by atoms with Gasteiger partial charge >= 0.3 is 0 Å². The maximum Gasteiger partial charge on any atom is 0.128 e. The van der Waals surface area contributed by atoms with Crippen LogP contribution in [0.3, 0.4) is 0 Å². The summed E-state index contributed by atoms with van der Waals surface area (Å²) in [5, 5.41) is 3.58. The number of nitrogens with one attached hydrogen (secondary N) is 1. The van der Waals surface area contributed by atoms with E-state index in [1.165, 1.54) is 0 Å². The third kappa shape index (κ3) is 1.89. The molecule has 1 saturated heterocycles. The van der Waals surface area contributed by atoms with Gasteiger partial charge in [-0.2, -0.15) is 5.11 Å². The van der Waals surface area contributed by atoms with Crippen molar-refractivity contribution in [2.75, 3.05) is 18.0 Å². The maximum atomic E-state index is 6.96. The van der Waals surface area contributed by atoms with Crippen molar-refractivity contribution >= 4 is 5.82 Å². The smallest absolute Gasteiger partial charge is 0.128 e. The summed E-state index contributed by atoms with van der Waals surface area (Å²) in [6, 6.07) is 6.19. The van der Waals surface area contributed by atoms with Gasteiger partial charge < -0.3 is 4.90 Å². The van der Waals surface area contributed by atoms with Gasteiger partial charge in [-0.15, -0.1) is 0 Å². The second-order valence-electron chi connectivity index (χ2n) is 3.54. The molecule has 0 radical (unpaired) electrons. The zero-order valence-corrected chi connectivity index (χ0v) is 8.06. The van der Waals surface area contributed by atoms with Crippen LogP contribution in [-0.2, 0) is 0 Å². The molecule has 2 heterocycles. The Morgan fingerprint density at radius 2 is 2.14 bits per heavy atom. The summed E-state index contributed by atoms with van der Waals surface area (Å²) in [7, 11) is 0. The van der Waals surface area contributed by atoms with Crippen LogP contribution in [0.4, 0.5) is 5.82 Å². The lowest BCUT2D eigenvalue weighted by atomic mass is 10.1. The predicted octanol–water partition coefficient (Wildman–Crippen LogP) is 2.08. The molecule has 4 heteroatoms. The van der Waals surface area contributed by atoms with E-state index < -0.39 is 0 Å². The molecule has 0 atom stereocenters. The lowest BCUT2D eigenvalue weighted by Crippen LogP contribution is -2.35. The van der Waals surface area contributed by atoms with Crippen LogP contribution < -0.4 is 4.90 Å². The highest BCUT2D eigenvalue weighted by atomic mass is 15.2. The summed E-state index contributed by atoms with van der Waals surface area (Å²) < 4.78 is 0. The van der Waals surface area contributed by atoms with E-state index in [4.69, 9.17) is 5.53 Å². The summed E-state index contributed by atoms with van der Waals surface area (Å²) in [6.07, 6.45) is 3.76. The second-order valence-corrected chi connectivity index (χ2v) is 3.54. The highest BCUT2D eigenvalue weighted by Gasteiger charge is 2.18. The third-order valence-corrected chi connectivity index (χ3v) is 2.62. The molecule has 1 aromatic heterocycles. The number of rotatable bonds is 2. The molecule has 0 amide bonds. The largest absolute Gasteiger partial charge is 0.356 e. The van der Waals surface area contributed by atoms with Crippen LogP contribution in [0.25, 0.3) is 0 Å². The van der Waals surface area contributed by atoms with Crippen molar-refractivity contribution in [3.05, 3.63) is 24.4 Å². The summed E-state index contributed by atoms with van der Waals surface area (Å²) in [6.45, 7) is 1.92. The Kier molecular flexibility index (Phi) is 2.72. The van der Waals surface area contributed by atoms with Gasteiger partial charge in [-0.3, -0.25) is 0 Å².